The standard InChI is InChI=1S/C16H20N2O2/c17-12-15(13-6-2-1-3-7-13)16(19)18-10-9-14-8-4-5-11-20-14/h1-3,6-7,14-15H,4-5,8-11H2,(H,18,19). The zero-order valence-electron chi connectivity index (χ0n) is 11.5. The van der Waals surface area contributed by atoms with Crippen molar-refractivity contribution in [2.75, 3.05) is 13.2 Å². The van der Waals surface area contributed by atoms with E-state index in [1.807, 2.05) is 18.2 Å². The molecule has 0 aromatic heterocycles. The van der Waals surface area contributed by atoms with Crippen molar-refractivity contribution in [3.05, 3.63) is 35.9 Å². The van der Waals surface area contributed by atoms with Crippen molar-refractivity contribution >= 4 is 5.91 Å². The molecule has 0 radical (unpaired) electrons. The van der Waals surface area contributed by atoms with Crippen molar-refractivity contribution in [2.24, 2.45) is 0 Å². The predicted molar refractivity (Wildman–Crippen MR) is 76.0 cm³/mol. The molecule has 1 saturated heterocycles. The monoisotopic (exact) mass is 272 g/mol. The fraction of sp³-hybridized carbons (Fsp3) is 0.500. The number of benzene rings is 1. The van der Waals surface area contributed by atoms with Gasteiger partial charge in [-0.25, -0.2) is 0 Å². The number of carbonyl (C=O) groups is 1. The van der Waals surface area contributed by atoms with E-state index >= 15 is 0 Å². The third-order valence-electron chi connectivity index (χ3n) is 3.56. The Morgan fingerprint density at radius 3 is 2.85 bits per heavy atom. The van der Waals surface area contributed by atoms with E-state index in [4.69, 9.17) is 10.00 Å². The highest BCUT2D eigenvalue weighted by molar-refractivity contribution is 5.86. The maximum atomic E-state index is 12.0. The topological polar surface area (TPSA) is 62.1 Å². The summed E-state index contributed by atoms with van der Waals surface area (Å²) in [4.78, 5) is 12.0. The van der Waals surface area contributed by atoms with Crippen LogP contribution >= 0.6 is 0 Å². The highest BCUT2D eigenvalue weighted by Crippen LogP contribution is 2.16. The van der Waals surface area contributed by atoms with Crippen molar-refractivity contribution in [1.29, 1.82) is 5.26 Å². The second-order valence-corrected chi connectivity index (χ2v) is 5.04. The van der Waals surface area contributed by atoms with Crippen LogP contribution in [-0.4, -0.2) is 25.2 Å². The van der Waals surface area contributed by atoms with E-state index in [0.717, 1.165) is 31.4 Å². The number of carbonyl (C=O) groups excluding carboxylic acids is 1. The van der Waals surface area contributed by atoms with E-state index in [-0.39, 0.29) is 12.0 Å². The maximum Gasteiger partial charge on any atom is 0.241 e. The fourth-order valence-electron chi connectivity index (χ4n) is 2.42. The number of nitrogens with zero attached hydrogens (tertiary/aromatic N) is 1. The van der Waals surface area contributed by atoms with Gasteiger partial charge in [-0.05, 0) is 31.2 Å². The van der Waals surface area contributed by atoms with Crippen LogP contribution in [0.4, 0.5) is 0 Å². The first-order valence-electron chi connectivity index (χ1n) is 7.15. The van der Waals surface area contributed by atoms with Gasteiger partial charge in [0.05, 0.1) is 12.2 Å². The van der Waals surface area contributed by atoms with Gasteiger partial charge in [0.1, 0.15) is 5.92 Å². The summed E-state index contributed by atoms with van der Waals surface area (Å²) in [6.45, 7) is 1.39. The first-order valence-corrected chi connectivity index (χ1v) is 7.15. The van der Waals surface area contributed by atoms with Crippen molar-refractivity contribution in [2.45, 2.75) is 37.7 Å². The molecule has 1 heterocycles. The van der Waals surface area contributed by atoms with E-state index in [9.17, 15) is 4.79 Å². The van der Waals surface area contributed by atoms with Gasteiger partial charge in [0, 0.05) is 13.2 Å². The van der Waals surface area contributed by atoms with E-state index in [1.54, 1.807) is 12.1 Å². The molecule has 0 aliphatic carbocycles. The molecule has 0 bridgehead atoms. The summed E-state index contributed by atoms with van der Waals surface area (Å²) in [6.07, 6.45) is 4.47. The van der Waals surface area contributed by atoms with Crippen molar-refractivity contribution in [3.63, 3.8) is 0 Å². The third kappa shape index (κ3) is 4.07. The Bertz CT molecular complexity index is 461. The average Bonchev–Trinajstić information content (AvgIpc) is 2.50. The van der Waals surface area contributed by atoms with E-state index in [2.05, 4.69) is 11.4 Å². The van der Waals surface area contributed by atoms with Crippen LogP contribution in [0.25, 0.3) is 0 Å². The summed E-state index contributed by atoms with van der Waals surface area (Å²) in [5, 5.41) is 12.0. The molecule has 4 heteroatoms. The lowest BCUT2D eigenvalue weighted by molar-refractivity contribution is -0.121. The van der Waals surface area contributed by atoms with E-state index in [0.29, 0.717) is 6.54 Å². The van der Waals surface area contributed by atoms with Gasteiger partial charge in [0.25, 0.3) is 0 Å². The van der Waals surface area contributed by atoms with Crippen LogP contribution in [0.1, 0.15) is 37.2 Å². The minimum atomic E-state index is -0.733. The summed E-state index contributed by atoms with van der Waals surface area (Å²) >= 11 is 0. The molecule has 0 saturated carbocycles. The van der Waals surface area contributed by atoms with Crippen LogP contribution in [0.5, 0.6) is 0 Å². The molecule has 1 aromatic rings. The zero-order chi connectivity index (χ0) is 14.2. The molecule has 1 aromatic carbocycles. The maximum absolute atomic E-state index is 12.0. The van der Waals surface area contributed by atoms with Crippen molar-refractivity contribution < 1.29 is 9.53 Å². The Morgan fingerprint density at radius 2 is 2.20 bits per heavy atom. The van der Waals surface area contributed by atoms with Crippen LogP contribution in [0.2, 0.25) is 0 Å². The van der Waals surface area contributed by atoms with Crippen molar-refractivity contribution in [3.8, 4) is 6.07 Å². The highest BCUT2D eigenvalue weighted by atomic mass is 16.5. The summed E-state index contributed by atoms with van der Waals surface area (Å²) in [5.41, 5.74) is 0.737. The molecular weight excluding hydrogens is 252 g/mol. The molecule has 20 heavy (non-hydrogen) atoms. The second-order valence-electron chi connectivity index (χ2n) is 5.04. The van der Waals surface area contributed by atoms with Crippen LogP contribution < -0.4 is 5.32 Å². The van der Waals surface area contributed by atoms with Crippen LogP contribution in [0.3, 0.4) is 0 Å². The molecule has 2 rings (SSSR count). The molecule has 1 aliphatic rings. The van der Waals surface area contributed by atoms with Gasteiger partial charge in [-0.2, -0.15) is 5.26 Å². The summed E-state index contributed by atoms with van der Waals surface area (Å²) in [5.74, 6) is -0.960. The molecular formula is C16H20N2O2. The van der Waals surface area contributed by atoms with Crippen molar-refractivity contribution in [1.82, 2.24) is 5.32 Å². The Labute approximate surface area is 119 Å². The molecule has 106 valence electrons. The molecule has 1 amide bonds. The minimum Gasteiger partial charge on any atom is -0.378 e. The first kappa shape index (κ1) is 14.5. The number of nitriles is 1. The van der Waals surface area contributed by atoms with Gasteiger partial charge in [-0.1, -0.05) is 30.3 Å². The molecule has 1 N–H and O–H groups in total. The second kappa shape index (κ2) is 7.66. The number of nitrogens with one attached hydrogen (secondary N) is 1. The number of rotatable bonds is 5. The van der Waals surface area contributed by atoms with Gasteiger partial charge >= 0.3 is 0 Å². The van der Waals surface area contributed by atoms with Gasteiger partial charge in [-0.15, -0.1) is 0 Å². The molecule has 2 unspecified atom stereocenters. The zero-order valence-corrected chi connectivity index (χ0v) is 11.5. The van der Waals surface area contributed by atoms with E-state index < -0.39 is 5.92 Å². The van der Waals surface area contributed by atoms with Crippen LogP contribution in [-0.2, 0) is 9.53 Å². The highest BCUT2D eigenvalue weighted by Gasteiger charge is 2.20. The summed E-state index contributed by atoms with van der Waals surface area (Å²) in [6, 6.07) is 11.2. The lowest BCUT2D eigenvalue weighted by Gasteiger charge is -2.22. The quantitative estimate of drug-likeness (QED) is 0.895. The Morgan fingerprint density at radius 1 is 1.40 bits per heavy atom. The smallest absolute Gasteiger partial charge is 0.241 e. The Kier molecular flexibility index (Phi) is 5.57. The number of hydrogen-bond acceptors (Lipinski definition) is 3. The SMILES string of the molecule is N#CC(C(=O)NCCC1CCCCO1)c1ccccc1. The number of ether oxygens (including phenoxy) is 1. The lowest BCUT2D eigenvalue weighted by atomic mass is 10.00. The van der Waals surface area contributed by atoms with E-state index in [1.165, 1.54) is 6.42 Å². The Balaban J connectivity index is 1.80. The van der Waals surface area contributed by atoms with Gasteiger partial charge in [0.15, 0.2) is 0 Å². The normalized spacial score (nSPS) is 19.9. The third-order valence-corrected chi connectivity index (χ3v) is 3.56. The fourth-order valence-corrected chi connectivity index (χ4v) is 2.42. The summed E-state index contributed by atoms with van der Waals surface area (Å²) < 4.78 is 5.61. The lowest BCUT2D eigenvalue weighted by Crippen LogP contribution is -2.32. The minimum absolute atomic E-state index is 0.227. The van der Waals surface area contributed by atoms with Crippen LogP contribution in [0.15, 0.2) is 30.3 Å². The number of hydrogen-bond donors (Lipinski definition) is 1. The summed E-state index contributed by atoms with van der Waals surface area (Å²) in [7, 11) is 0. The largest absolute Gasteiger partial charge is 0.378 e. The Hall–Kier alpha value is -1.86. The average molecular weight is 272 g/mol. The van der Waals surface area contributed by atoms with Gasteiger partial charge in [-0.3, -0.25) is 4.79 Å². The van der Waals surface area contributed by atoms with Gasteiger partial charge < -0.3 is 10.1 Å². The number of amides is 1. The molecule has 4 nitrogen and oxygen atoms in total. The molecule has 2 atom stereocenters. The molecule has 1 fully saturated rings. The molecule has 1 aliphatic heterocycles. The molecule has 0 spiro atoms. The predicted octanol–water partition coefficient (Wildman–Crippen LogP) is 2.37. The van der Waals surface area contributed by atoms with Crippen LogP contribution in [0, 0.1) is 11.3 Å². The van der Waals surface area contributed by atoms with Gasteiger partial charge in [0.2, 0.25) is 5.91 Å². The first-order chi connectivity index (χ1) is 9.81.